The lowest BCUT2D eigenvalue weighted by atomic mass is 9.66. The van der Waals surface area contributed by atoms with E-state index in [0.29, 0.717) is 12.8 Å². The Kier molecular flexibility index (Phi) is 6.44. The maximum atomic E-state index is 12.8. The topological polar surface area (TPSA) is 98.7 Å². The Morgan fingerprint density at radius 1 is 0.875 bits per heavy atom. The predicted molar refractivity (Wildman–Crippen MR) is 93.2 cm³/mol. The number of nitrogens with one attached hydrogen (secondary N) is 2. The molecule has 0 heterocycles. The van der Waals surface area contributed by atoms with Crippen molar-refractivity contribution in [2.75, 3.05) is 13.2 Å². The van der Waals surface area contributed by atoms with Gasteiger partial charge in [-0.25, -0.2) is 0 Å². The minimum absolute atomic E-state index is 0.172. The first-order chi connectivity index (χ1) is 10.9. The van der Waals surface area contributed by atoms with Crippen LogP contribution in [0.1, 0.15) is 60.8 Å². The molecule has 0 unspecified atom stereocenters. The Hall–Kier alpha value is -1.14. The first-order valence-electron chi connectivity index (χ1n) is 8.72. The summed E-state index contributed by atoms with van der Waals surface area (Å²) in [5.74, 6) is -0.656. The molecule has 6 nitrogen and oxygen atoms in total. The summed E-state index contributed by atoms with van der Waals surface area (Å²) < 4.78 is 0. The molecule has 1 rings (SSSR count). The van der Waals surface area contributed by atoms with E-state index in [1.165, 1.54) is 0 Å². The van der Waals surface area contributed by atoms with Gasteiger partial charge in [-0.3, -0.25) is 9.59 Å². The fraction of sp³-hybridized carbons (Fsp3) is 0.889. The van der Waals surface area contributed by atoms with Gasteiger partial charge in [-0.1, -0.05) is 48.0 Å². The summed E-state index contributed by atoms with van der Waals surface area (Å²) in [4.78, 5) is 25.6. The van der Waals surface area contributed by atoms with Crippen LogP contribution < -0.4 is 10.6 Å². The van der Waals surface area contributed by atoms with Gasteiger partial charge in [-0.15, -0.1) is 0 Å². The lowest BCUT2D eigenvalue weighted by molar-refractivity contribution is -0.152. The highest BCUT2D eigenvalue weighted by molar-refractivity contribution is 6.06. The number of hydrogen-bond acceptors (Lipinski definition) is 4. The Morgan fingerprint density at radius 2 is 1.21 bits per heavy atom. The molecule has 0 saturated heterocycles. The maximum Gasteiger partial charge on any atom is 0.236 e. The van der Waals surface area contributed by atoms with Gasteiger partial charge in [0.15, 0.2) is 0 Å². The molecule has 1 aliphatic rings. The molecule has 0 spiro atoms. The zero-order chi connectivity index (χ0) is 18.8. The van der Waals surface area contributed by atoms with Crippen LogP contribution in [0.15, 0.2) is 0 Å². The molecule has 1 fully saturated rings. The van der Waals surface area contributed by atoms with Crippen molar-refractivity contribution < 1.29 is 19.8 Å². The van der Waals surface area contributed by atoms with Gasteiger partial charge >= 0.3 is 0 Å². The molecule has 2 amide bonds. The zero-order valence-electron chi connectivity index (χ0n) is 15.9. The van der Waals surface area contributed by atoms with Gasteiger partial charge in [-0.05, 0) is 23.7 Å². The second-order valence-corrected chi connectivity index (χ2v) is 9.08. The highest BCUT2D eigenvalue weighted by atomic mass is 16.3. The molecule has 4 N–H and O–H groups in total. The highest BCUT2D eigenvalue weighted by Crippen LogP contribution is 2.42. The van der Waals surface area contributed by atoms with Gasteiger partial charge in [0, 0.05) is 0 Å². The van der Waals surface area contributed by atoms with Crippen LogP contribution >= 0.6 is 0 Å². The van der Waals surface area contributed by atoms with Gasteiger partial charge in [0.2, 0.25) is 11.8 Å². The molecule has 140 valence electrons. The molecule has 0 aromatic heterocycles. The lowest BCUT2D eigenvalue weighted by Gasteiger charge is -2.42. The molecule has 24 heavy (non-hydrogen) atoms. The van der Waals surface area contributed by atoms with Crippen LogP contribution in [0.4, 0.5) is 0 Å². The first-order valence-corrected chi connectivity index (χ1v) is 8.72. The van der Waals surface area contributed by atoms with E-state index >= 15 is 0 Å². The molecule has 1 saturated carbocycles. The molecular weight excluding hydrogens is 308 g/mol. The van der Waals surface area contributed by atoms with Crippen molar-refractivity contribution in [2.45, 2.75) is 72.9 Å². The van der Waals surface area contributed by atoms with E-state index in [0.717, 1.165) is 6.42 Å². The third-order valence-corrected chi connectivity index (χ3v) is 5.14. The van der Waals surface area contributed by atoms with Crippen LogP contribution in [0, 0.1) is 16.2 Å². The summed E-state index contributed by atoms with van der Waals surface area (Å²) in [5, 5.41) is 24.8. The SMILES string of the molecule is CC(C)(C)[C@H](CO)NC(=O)C1(C(=O)N[C@@H](CO)C(C)(C)C)CCC1. The van der Waals surface area contributed by atoms with E-state index in [4.69, 9.17) is 0 Å². The second-order valence-electron chi connectivity index (χ2n) is 9.08. The summed E-state index contributed by atoms with van der Waals surface area (Å²) in [6, 6.07) is -0.821. The average Bonchev–Trinajstić information content (AvgIpc) is 2.38. The van der Waals surface area contributed by atoms with Crippen molar-refractivity contribution >= 4 is 11.8 Å². The van der Waals surface area contributed by atoms with E-state index in [2.05, 4.69) is 10.6 Å². The monoisotopic (exact) mass is 342 g/mol. The van der Waals surface area contributed by atoms with Crippen molar-refractivity contribution in [3.05, 3.63) is 0 Å². The van der Waals surface area contributed by atoms with E-state index in [-0.39, 0.29) is 35.9 Å². The number of amides is 2. The van der Waals surface area contributed by atoms with Gasteiger partial charge in [0.1, 0.15) is 5.41 Å². The molecule has 1 aliphatic carbocycles. The van der Waals surface area contributed by atoms with Crippen LogP contribution in [-0.2, 0) is 9.59 Å². The largest absolute Gasteiger partial charge is 0.394 e. The number of rotatable bonds is 6. The van der Waals surface area contributed by atoms with Gasteiger partial charge < -0.3 is 20.8 Å². The number of carbonyl (C=O) groups excluding carboxylic acids is 2. The summed E-state index contributed by atoms with van der Waals surface area (Å²) in [5.41, 5.74) is -1.69. The fourth-order valence-electron chi connectivity index (χ4n) is 2.75. The smallest absolute Gasteiger partial charge is 0.236 e. The van der Waals surface area contributed by atoms with Crippen LogP contribution in [0.2, 0.25) is 0 Å². The molecule has 0 aromatic carbocycles. The molecule has 0 radical (unpaired) electrons. The first kappa shape index (κ1) is 20.9. The van der Waals surface area contributed by atoms with E-state index in [1.807, 2.05) is 41.5 Å². The lowest BCUT2D eigenvalue weighted by Crippen LogP contribution is -2.61. The molecule has 0 aromatic rings. The summed E-state index contributed by atoms with van der Waals surface area (Å²) >= 11 is 0. The number of hydrogen-bond donors (Lipinski definition) is 4. The molecule has 2 atom stereocenters. The zero-order valence-corrected chi connectivity index (χ0v) is 15.9. The Balaban J connectivity index is 2.89. The normalized spacial score (nSPS) is 19.8. The average molecular weight is 342 g/mol. The molecule has 0 aliphatic heterocycles. The van der Waals surface area contributed by atoms with Gasteiger partial charge in [0.25, 0.3) is 0 Å². The van der Waals surface area contributed by atoms with Crippen LogP contribution in [0.25, 0.3) is 0 Å². The molecule has 6 heteroatoms. The summed E-state index contributed by atoms with van der Waals surface area (Å²) in [7, 11) is 0. The standard InChI is InChI=1S/C18H34N2O4/c1-16(2,3)12(10-21)19-14(23)18(8-7-9-18)15(24)20-13(11-22)17(4,5)6/h12-13,21-22H,7-11H2,1-6H3,(H,19,23)(H,20,24)/t12-,13-/m0/s1. The van der Waals surface area contributed by atoms with Crippen LogP contribution in [0.5, 0.6) is 0 Å². The third-order valence-electron chi connectivity index (χ3n) is 5.14. The van der Waals surface area contributed by atoms with Crippen molar-refractivity contribution in [1.29, 1.82) is 0 Å². The van der Waals surface area contributed by atoms with Gasteiger partial charge in [0.05, 0.1) is 25.3 Å². The fourth-order valence-corrected chi connectivity index (χ4v) is 2.75. The van der Waals surface area contributed by atoms with Crippen LogP contribution in [-0.4, -0.2) is 47.3 Å². The van der Waals surface area contributed by atoms with Gasteiger partial charge in [-0.2, -0.15) is 0 Å². The summed E-state index contributed by atoms with van der Waals surface area (Å²) in [6.45, 7) is 11.3. The number of aliphatic hydroxyl groups is 2. The minimum atomic E-state index is -1.09. The third kappa shape index (κ3) is 4.48. The van der Waals surface area contributed by atoms with Crippen LogP contribution in [0.3, 0.4) is 0 Å². The van der Waals surface area contributed by atoms with Crippen molar-refractivity contribution in [3.8, 4) is 0 Å². The number of carbonyl (C=O) groups is 2. The second kappa shape index (κ2) is 7.40. The molecule has 0 bridgehead atoms. The Bertz CT molecular complexity index is 421. The van der Waals surface area contributed by atoms with Crippen molar-refractivity contribution in [1.82, 2.24) is 10.6 Å². The van der Waals surface area contributed by atoms with E-state index < -0.39 is 17.5 Å². The Labute approximate surface area is 145 Å². The van der Waals surface area contributed by atoms with E-state index in [9.17, 15) is 19.8 Å². The Morgan fingerprint density at radius 3 is 1.38 bits per heavy atom. The predicted octanol–water partition coefficient (Wildman–Crippen LogP) is 1.20. The van der Waals surface area contributed by atoms with E-state index in [1.54, 1.807) is 0 Å². The quantitative estimate of drug-likeness (QED) is 0.545. The highest BCUT2D eigenvalue weighted by Gasteiger charge is 2.52. The van der Waals surface area contributed by atoms with Crippen molar-refractivity contribution in [3.63, 3.8) is 0 Å². The minimum Gasteiger partial charge on any atom is -0.394 e. The molecular formula is C18H34N2O4. The maximum absolute atomic E-state index is 12.8. The van der Waals surface area contributed by atoms with Crippen molar-refractivity contribution in [2.24, 2.45) is 16.2 Å². The number of aliphatic hydroxyl groups excluding tert-OH is 2. The summed E-state index contributed by atoms with van der Waals surface area (Å²) in [6.07, 6.45) is 1.81.